The quantitative estimate of drug-likeness (QED) is 0.649. The zero-order valence-corrected chi connectivity index (χ0v) is 12.8. The summed E-state index contributed by atoms with van der Waals surface area (Å²) in [6, 6.07) is 3.44. The van der Waals surface area contributed by atoms with Gasteiger partial charge in [0.1, 0.15) is 0 Å². The predicted octanol–water partition coefficient (Wildman–Crippen LogP) is 1.43. The number of anilines is 1. The molecule has 20 heavy (non-hydrogen) atoms. The summed E-state index contributed by atoms with van der Waals surface area (Å²) in [6.07, 6.45) is 0. The topological polar surface area (TPSA) is 58.6 Å². The molecule has 1 aromatic rings. The van der Waals surface area contributed by atoms with Crippen molar-refractivity contribution in [2.45, 2.75) is 12.7 Å². The van der Waals surface area contributed by atoms with Crippen LogP contribution < -0.4 is 14.4 Å². The summed E-state index contributed by atoms with van der Waals surface area (Å²) in [6.45, 7) is 5.03. The summed E-state index contributed by atoms with van der Waals surface area (Å²) in [5.41, 5.74) is 2.25. The number of benzene rings is 1. The van der Waals surface area contributed by atoms with E-state index in [0.29, 0.717) is 11.3 Å². The normalized spacial score (nSPS) is 16.2. The van der Waals surface area contributed by atoms with Gasteiger partial charge in [-0.1, -0.05) is 3.89 Å². The molecule has 5 nitrogen and oxygen atoms in total. The van der Waals surface area contributed by atoms with Gasteiger partial charge in [-0.05, 0) is 24.6 Å². The van der Waals surface area contributed by atoms with Gasteiger partial charge in [0.05, 0.1) is 0 Å². The van der Waals surface area contributed by atoms with E-state index >= 15 is 0 Å². The molecule has 2 rings (SSSR count). The van der Waals surface area contributed by atoms with Crippen LogP contribution in [0.5, 0.6) is 5.75 Å². The van der Waals surface area contributed by atoms with Crippen LogP contribution >= 0.6 is 12.6 Å². The molecule has 1 aliphatic rings. The van der Waals surface area contributed by atoms with Crippen LogP contribution in [0, 0.1) is 6.92 Å². The van der Waals surface area contributed by atoms with E-state index in [-0.39, 0.29) is 5.75 Å². The number of hydrogen-bond acceptors (Lipinski definition) is 6. The van der Waals surface area contributed by atoms with Crippen LogP contribution in [0.2, 0.25) is 0 Å². The molecule has 0 atom stereocenters. The van der Waals surface area contributed by atoms with Crippen molar-refractivity contribution >= 4 is 28.8 Å². The highest BCUT2D eigenvalue weighted by molar-refractivity contribution is 7.81. The van der Waals surface area contributed by atoms with Gasteiger partial charge < -0.3 is 14.4 Å². The lowest BCUT2D eigenvalue weighted by atomic mass is 10.1. The Morgan fingerprint density at radius 2 is 2.05 bits per heavy atom. The minimum Gasteiger partial charge on any atom is -0.369 e. The SMILES string of the molecule is Cc1c(OS(=O)(=O)F)cc(CS)cc1N1CCNCC1. The molecule has 0 radical (unpaired) electrons. The van der Waals surface area contributed by atoms with E-state index in [9.17, 15) is 12.3 Å². The van der Waals surface area contributed by atoms with E-state index in [1.54, 1.807) is 6.92 Å². The van der Waals surface area contributed by atoms with Crippen molar-refractivity contribution in [3.8, 4) is 5.75 Å². The van der Waals surface area contributed by atoms with Gasteiger partial charge in [0.2, 0.25) is 0 Å². The number of hydrogen-bond donors (Lipinski definition) is 2. The van der Waals surface area contributed by atoms with Gasteiger partial charge in [0.25, 0.3) is 0 Å². The minimum atomic E-state index is -5.03. The Bertz CT molecular complexity index is 587. The maximum absolute atomic E-state index is 12.8. The lowest BCUT2D eigenvalue weighted by Gasteiger charge is -2.31. The van der Waals surface area contributed by atoms with Gasteiger partial charge in [-0.25, -0.2) is 0 Å². The molecule has 0 aliphatic carbocycles. The molecule has 112 valence electrons. The first-order valence-electron chi connectivity index (χ1n) is 6.25. The first-order chi connectivity index (χ1) is 9.40. The van der Waals surface area contributed by atoms with Gasteiger partial charge in [-0.3, -0.25) is 0 Å². The maximum atomic E-state index is 12.8. The Labute approximate surface area is 123 Å². The molecule has 0 spiro atoms. The van der Waals surface area contributed by atoms with Gasteiger partial charge in [-0.2, -0.15) is 21.0 Å². The third kappa shape index (κ3) is 3.77. The minimum absolute atomic E-state index is 0.0209. The third-order valence-corrected chi connectivity index (χ3v) is 3.97. The number of thiol groups is 1. The zero-order valence-electron chi connectivity index (χ0n) is 11.1. The van der Waals surface area contributed by atoms with Crippen molar-refractivity contribution in [2.75, 3.05) is 31.1 Å². The second-order valence-electron chi connectivity index (χ2n) is 4.61. The van der Waals surface area contributed by atoms with Crippen LogP contribution in [0.15, 0.2) is 12.1 Å². The van der Waals surface area contributed by atoms with E-state index in [1.807, 2.05) is 6.07 Å². The van der Waals surface area contributed by atoms with Crippen molar-refractivity contribution in [3.05, 3.63) is 23.3 Å². The molecule has 1 N–H and O–H groups in total. The van der Waals surface area contributed by atoms with Crippen molar-refractivity contribution in [1.29, 1.82) is 0 Å². The fourth-order valence-corrected chi connectivity index (χ4v) is 2.82. The Morgan fingerprint density at radius 3 is 2.60 bits per heavy atom. The van der Waals surface area contributed by atoms with Crippen molar-refractivity contribution < 1.29 is 16.5 Å². The molecular formula is C12H17FN2O3S2. The van der Waals surface area contributed by atoms with Crippen molar-refractivity contribution in [2.24, 2.45) is 0 Å². The second kappa shape index (κ2) is 6.19. The van der Waals surface area contributed by atoms with Gasteiger partial charge in [-0.15, -0.1) is 0 Å². The molecule has 1 aromatic carbocycles. The van der Waals surface area contributed by atoms with Crippen LogP contribution in [-0.2, 0) is 16.3 Å². The molecule has 1 aliphatic heterocycles. The monoisotopic (exact) mass is 320 g/mol. The lowest BCUT2D eigenvalue weighted by molar-refractivity contribution is 0.438. The maximum Gasteiger partial charge on any atom is 0.488 e. The predicted molar refractivity (Wildman–Crippen MR) is 79.6 cm³/mol. The van der Waals surface area contributed by atoms with Crippen LogP contribution in [0.3, 0.4) is 0 Å². The molecule has 1 heterocycles. The summed E-state index contributed by atoms with van der Waals surface area (Å²) in [4.78, 5) is 2.12. The molecule has 1 fully saturated rings. The number of rotatable bonds is 4. The van der Waals surface area contributed by atoms with E-state index in [2.05, 4.69) is 27.0 Å². The highest BCUT2D eigenvalue weighted by Gasteiger charge is 2.19. The number of nitrogens with zero attached hydrogens (tertiary/aromatic N) is 1. The molecular weight excluding hydrogens is 303 g/mol. The third-order valence-electron chi connectivity index (χ3n) is 3.22. The van der Waals surface area contributed by atoms with E-state index in [1.165, 1.54) is 6.07 Å². The highest BCUT2D eigenvalue weighted by atomic mass is 32.3. The van der Waals surface area contributed by atoms with Crippen molar-refractivity contribution in [1.82, 2.24) is 5.32 Å². The standard InChI is InChI=1S/C12H17FN2O3S2/c1-9-11(15-4-2-14-3-5-15)6-10(8-19)7-12(9)18-20(13,16)17/h6-7,14,19H,2-5,8H2,1H3. The number of halogens is 1. The van der Waals surface area contributed by atoms with Gasteiger partial charge in [0.15, 0.2) is 5.75 Å². The lowest BCUT2D eigenvalue weighted by Crippen LogP contribution is -2.43. The van der Waals surface area contributed by atoms with Crippen LogP contribution in [0.4, 0.5) is 9.57 Å². The Morgan fingerprint density at radius 1 is 1.40 bits per heavy atom. The molecule has 0 saturated carbocycles. The molecule has 8 heteroatoms. The summed E-state index contributed by atoms with van der Waals surface area (Å²) < 4.78 is 38.6. The number of nitrogens with one attached hydrogen (secondary N) is 1. The van der Waals surface area contributed by atoms with E-state index < -0.39 is 10.5 Å². The Hall–Kier alpha value is -0.990. The first kappa shape index (κ1) is 15.4. The first-order valence-corrected chi connectivity index (χ1v) is 8.19. The van der Waals surface area contributed by atoms with E-state index in [0.717, 1.165) is 37.4 Å². The average molecular weight is 320 g/mol. The summed E-state index contributed by atoms with van der Waals surface area (Å²) in [7, 11) is -5.03. The van der Waals surface area contributed by atoms with Crippen molar-refractivity contribution in [3.63, 3.8) is 0 Å². The highest BCUT2D eigenvalue weighted by Crippen LogP contribution is 2.32. The number of piperazine rings is 1. The largest absolute Gasteiger partial charge is 0.488 e. The summed E-state index contributed by atoms with van der Waals surface area (Å²) in [5.74, 6) is 0.440. The molecule has 0 amide bonds. The molecule has 0 bridgehead atoms. The van der Waals surface area contributed by atoms with Crippen LogP contribution in [0.1, 0.15) is 11.1 Å². The van der Waals surface area contributed by atoms with Gasteiger partial charge >= 0.3 is 10.5 Å². The van der Waals surface area contributed by atoms with Gasteiger partial charge in [0, 0.05) is 43.2 Å². The molecule has 0 unspecified atom stereocenters. The summed E-state index contributed by atoms with van der Waals surface area (Å²) >= 11 is 4.18. The van der Waals surface area contributed by atoms with E-state index in [4.69, 9.17) is 0 Å². The average Bonchev–Trinajstić information content (AvgIpc) is 2.40. The smallest absolute Gasteiger partial charge is 0.369 e. The summed E-state index contributed by atoms with van der Waals surface area (Å²) in [5, 5.41) is 3.24. The second-order valence-corrected chi connectivity index (χ2v) is 5.88. The fourth-order valence-electron chi connectivity index (χ4n) is 2.25. The van der Waals surface area contributed by atoms with Crippen LogP contribution in [0.25, 0.3) is 0 Å². The Kier molecular flexibility index (Phi) is 4.77. The molecule has 0 aromatic heterocycles. The van der Waals surface area contributed by atoms with Crippen LogP contribution in [-0.4, -0.2) is 34.6 Å². The molecule has 1 saturated heterocycles. The fraction of sp³-hybridized carbons (Fsp3) is 0.500. The Balaban J connectivity index is 2.42. The zero-order chi connectivity index (χ0) is 14.8.